The number of rotatable bonds is 5. The minimum Gasteiger partial charge on any atom is -0.389 e. The Balaban J connectivity index is 2.40. The molecule has 0 saturated carbocycles. The van der Waals surface area contributed by atoms with Crippen molar-refractivity contribution in [3.8, 4) is 0 Å². The third kappa shape index (κ3) is 3.58. The zero-order valence-corrected chi connectivity index (χ0v) is 13.5. The first kappa shape index (κ1) is 15.4. The molecule has 0 radical (unpaired) electrons. The molecule has 0 aliphatic carbocycles. The van der Waals surface area contributed by atoms with Crippen LogP contribution in [0.1, 0.15) is 41.8 Å². The molecule has 3 N–H and O–H groups in total. The zero-order valence-electron chi connectivity index (χ0n) is 12.7. The Morgan fingerprint density at radius 1 is 1.29 bits per heavy atom. The number of nitrogens with zero attached hydrogens (tertiary/aromatic N) is 1. The van der Waals surface area contributed by atoms with Gasteiger partial charge in [0.05, 0.1) is 11.6 Å². The van der Waals surface area contributed by atoms with Crippen molar-refractivity contribution in [3.05, 3.63) is 58.8 Å². The number of aryl methyl sites for hydroxylation is 2. The van der Waals surface area contributed by atoms with E-state index in [2.05, 4.69) is 29.4 Å². The number of nitrogens with two attached hydrogens (primary N) is 1. The van der Waals surface area contributed by atoms with Crippen LogP contribution in [0.25, 0.3) is 0 Å². The summed E-state index contributed by atoms with van der Waals surface area (Å²) >= 11 is 5.18. The molecule has 0 saturated heterocycles. The molecule has 21 heavy (non-hydrogen) atoms. The number of hydrogen-bond acceptors (Lipinski definition) is 3. The second-order valence-corrected chi connectivity index (χ2v) is 5.62. The highest BCUT2D eigenvalue weighted by atomic mass is 32.1. The number of benzene rings is 1. The van der Waals surface area contributed by atoms with Gasteiger partial charge in [-0.3, -0.25) is 0 Å². The highest BCUT2D eigenvalue weighted by Crippen LogP contribution is 2.25. The van der Waals surface area contributed by atoms with Gasteiger partial charge in [0, 0.05) is 5.69 Å². The van der Waals surface area contributed by atoms with E-state index < -0.39 is 0 Å². The van der Waals surface area contributed by atoms with Gasteiger partial charge in [0.25, 0.3) is 0 Å². The Kier molecular flexibility index (Phi) is 4.91. The van der Waals surface area contributed by atoms with E-state index in [9.17, 15) is 0 Å². The standard InChI is InChI=1S/C17H21N3S/c1-4-14(13-8-6-5-7-9-13)20-17-15(16(18)21)11(2)10-12(3)19-17/h5-10,14H,4H2,1-3H3,(H2,18,21)(H,19,20). The molecule has 0 fully saturated rings. The van der Waals surface area contributed by atoms with E-state index in [1.54, 1.807) is 0 Å². The second kappa shape index (κ2) is 6.68. The third-order valence-corrected chi connectivity index (χ3v) is 3.72. The van der Waals surface area contributed by atoms with Crippen LogP contribution in [0.5, 0.6) is 0 Å². The Bertz CT molecular complexity index is 638. The van der Waals surface area contributed by atoms with Gasteiger partial charge in [0.1, 0.15) is 10.8 Å². The first-order valence-corrected chi connectivity index (χ1v) is 7.53. The van der Waals surface area contributed by atoms with Gasteiger partial charge in [0.15, 0.2) is 0 Å². The summed E-state index contributed by atoms with van der Waals surface area (Å²) in [6.07, 6.45) is 0.954. The average Bonchev–Trinajstić information content (AvgIpc) is 2.44. The molecule has 0 aliphatic rings. The maximum Gasteiger partial charge on any atom is 0.137 e. The number of pyridine rings is 1. The molecule has 0 spiro atoms. The van der Waals surface area contributed by atoms with E-state index in [1.165, 1.54) is 5.56 Å². The van der Waals surface area contributed by atoms with Crippen molar-refractivity contribution < 1.29 is 0 Å². The van der Waals surface area contributed by atoms with E-state index >= 15 is 0 Å². The van der Waals surface area contributed by atoms with E-state index in [-0.39, 0.29) is 6.04 Å². The Morgan fingerprint density at radius 2 is 1.95 bits per heavy atom. The van der Waals surface area contributed by atoms with Gasteiger partial charge in [-0.2, -0.15) is 0 Å². The SMILES string of the molecule is CCC(Nc1nc(C)cc(C)c1C(N)=S)c1ccccc1. The Morgan fingerprint density at radius 3 is 2.52 bits per heavy atom. The molecule has 4 heteroatoms. The summed E-state index contributed by atoms with van der Waals surface area (Å²) in [7, 11) is 0. The molecular weight excluding hydrogens is 278 g/mol. The molecule has 2 rings (SSSR count). The highest BCUT2D eigenvalue weighted by molar-refractivity contribution is 7.80. The fraction of sp³-hybridized carbons (Fsp3) is 0.294. The zero-order chi connectivity index (χ0) is 15.4. The van der Waals surface area contributed by atoms with Crippen molar-refractivity contribution >= 4 is 23.0 Å². The molecule has 1 unspecified atom stereocenters. The molecule has 0 amide bonds. The summed E-state index contributed by atoms with van der Waals surface area (Å²) in [6.45, 7) is 6.14. The summed E-state index contributed by atoms with van der Waals surface area (Å²) in [6, 6.07) is 12.5. The molecule has 1 heterocycles. The van der Waals surface area contributed by atoms with E-state index in [1.807, 2.05) is 38.1 Å². The van der Waals surface area contributed by atoms with Crippen LogP contribution in [0.4, 0.5) is 5.82 Å². The van der Waals surface area contributed by atoms with Crippen LogP contribution in [0.15, 0.2) is 36.4 Å². The summed E-state index contributed by atoms with van der Waals surface area (Å²) in [5.41, 5.74) is 9.95. The topological polar surface area (TPSA) is 50.9 Å². The lowest BCUT2D eigenvalue weighted by atomic mass is 10.0. The predicted molar refractivity (Wildman–Crippen MR) is 92.7 cm³/mol. The van der Waals surface area contributed by atoms with Crippen molar-refractivity contribution in [2.24, 2.45) is 5.73 Å². The molecule has 1 atom stereocenters. The van der Waals surface area contributed by atoms with Gasteiger partial charge in [0.2, 0.25) is 0 Å². The number of nitrogens with one attached hydrogen (secondary N) is 1. The summed E-state index contributed by atoms with van der Waals surface area (Å²) in [5.74, 6) is 0.774. The van der Waals surface area contributed by atoms with Gasteiger partial charge in [-0.25, -0.2) is 4.98 Å². The third-order valence-electron chi connectivity index (χ3n) is 3.51. The van der Waals surface area contributed by atoms with Crippen LogP contribution in [0.3, 0.4) is 0 Å². The Labute approximate surface area is 131 Å². The number of anilines is 1. The molecule has 1 aromatic carbocycles. The van der Waals surface area contributed by atoms with Gasteiger partial charge < -0.3 is 11.1 Å². The number of aromatic nitrogens is 1. The molecule has 3 nitrogen and oxygen atoms in total. The quantitative estimate of drug-likeness (QED) is 0.822. The summed E-state index contributed by atoms with van der Waals surface area (Å²) in [4.78, 5) is 4.97. The largest absolute Gasteiger partial charge is 0.389 e. The van der Waals surface area contributed by atoms with Crippen LogP contribution in [-0.4, -0.2) is 9.97 Å². The summed E-state index contributed by atoms with van der Waals surface area (Å²) < 4.78 is 0. The maximum atomic E-state index is 5.87. The molecule has 1 aromatic heterocycles. The van der Waals surface area contributed by atoms with Crippen molar-refractivity contribution in [2.75, 3.05) is 5.32 Å². The van der Waals surface area contributed by atoms with Gasteiger partial charge in [-0.15, -0.1) is 0 Å². The van der Waals surface area contributed by atoms with Gasteiger partial charge >= 0.3 is 0 Å². The van der Waals surface area contributed by atoms with Crippen LogP contribution < -0.4 is 11.1 Å². The molecule has 110 valence electrons. The van der Waals surface area contributed by atoms with Crippen molar-refractivity contribution in [3.63, 3.8) is 0 Å². The van der Waals surface area contributed by atoms with Crippen molar-refractivity contribution in [2.45, 2.75) is 33.2 Å². The van der Waals surface area contributed by atoms with Crippen LogP contribution in [0, 0.1) is 13.8 Å². The van der Waals surface area contributed by atoms with Crippen molar-refractivity contribution in [1.82, 2.24) is 4.98 Å². The first-order chi connectivity index (χ1) is 10.0. The maximum absolute atomic E-state index is 5.87. The summed E-state index contributed by atoms with van der Waals surface area (Å²) in [5, 5.41) is 3.50. The lowest BCUT2D eigenvalue weighted by molar-refractivity contribution is 0.743. The lowest BCUT2D eigenvalue weighted by Crippen LogP contribution is -2.19. The normalized spacial score (nSPS) is 12.0. The van der Waals surface area contributed by atoms with E-state index in [0.29, 0.717) is 4.99 Å². The minimum atomic E-state index is 0.188. The van der Waals surface area contributed by atoms with E-state index in [0.717, 1.165) is 29.1 Å². The minimum absolute atomic E-state index is 0.188. The lowest BCUT2D eigenvalue weighted by Gasteiger charge is -2.21. The number of thiocarbonyl (C=S) groups is 1. The molecule has 0 bridgehead atoms. The molecular formula is C17H21N3S. The predicted octanol–water partition coefficient (Wildman–Crippen LogP) is 3.90. The Hall–Kier alpha value is -1.94. The smallest absolute Gasteiger partial charge is 0.137 e. The fourth-order valence-corrected chi connectivity index (χ4v) is 2.78. The van der Waals surface area contributed by atoms with Crippen LogP contribution >= 0.6 is 12.2 Å². The van der Waals surface area contributed by atoms with Crippen molar-refractivity contribution in [1.29, 1.82) is 0 Å². The van der Waals surface area contributed by atoms with Crippen LogP contribution in [0.2, 0.25) is 0 Å². The molecule has 0 aliphatic heterocycles. The van der Waals surface area contributed by atoms with Gasteiger partial charge in [-0.05, 0) is 37.5 Å². The average molecular weight is 299 g/mol. The van der Waals surface area contributed by atoms with Gasteiger partial charge in [-0.1, -0.05) is 49.5 Å². The fourth-order valence-electron chi connectivity index (χ4n) is 2.52. The first-order valence-electron chi connectivity index (χ1n) is 7.12. The second-order valence-electron chi connectivity index (χ2n) is 5.18. The molecule has 2 aromatic rings. The van der Waals surface area contributed by atoms with Crippen LogP contribution in [-0.2, 0) is 0 Å². The monoisotopic (exact) mass is 299 g/mol. The number of hydrogen-bond donors (Lipinski definition) is 2. The highest BCUT2D eigenvalue weighted by Gasteiger charge is 2.16. The van der Waals surface area contributed by atoms with E-state index in [4.69, 9.17) is 18.0 Å².